The Balaban J connectivity index is 1.52. The molecule has 0 unspecified atom stereocenters. The monoisotopic (exact) mass is 363 g/mol. The Morgan fingerprint density at radius 2 is 1.96 bits per heavy atom. The van der Waals surface area contributed by atoms with Crippen LogP contribution in [0.2, 0.25) is 0 Å². The summed E-state index contributed by atoms with van der Waals surface area (Å²) in [5, 5.41) is 3.47. The third-order valence-electron chi connectivity index (χ3n) is 5.17. The number of carbonyl (C=O) groups is 1. The van der Waals surface area contributed by atoms with Crippen LogP contribution in [0, 0.1) is 5.92 Å². The summed E-state index contributed by atoms with van der Waals surface area (Å²) in [6, 6.07) is 9.78. The summed E-state index contributed by atoms with van der Waals surface area (Å²) in [7, 11) is 1.39. The van der Waals surface area contributed by atoms with Crippen LogP contribution in [0.1, 0.15) is 19.4 Å². The summed E-state index contributed by atoms with van der Waals surface area (Å²) in [6.07, 6.45) is -1.41. The number of methoxy groups -OCH3 is 1. The minimum Gasteiger partial charge on any atom is -0.469 e. The lowest BCUT2D eigenvalue weighted by Gasteiger charge is -2.39. The second-order valence-corrected chi connectivity index (χ2v) is 7.39. The van der Waals surface area contributed by atoms with Crippen LogP contribution < -0.4 is 5.32 Å². The second-order valence-electron chi connectivity index (χ2n) is 7.39. The quantitative estimate of drug-likeness (QED) is 0.806. The highest BCUT2D eigenvalue weighted by Gasteiger charge is 2.60. The highest BCUT2D eigenvalue weighted by atomic mass is 16.8. The smallest absolute Gasteiger partial charge is 0.312 e. The molecule has 3 saturated heterocycles. The average Bonchev–Trinajstić information content (AvgIpc) is 3.11. The number of hydrogen-bond donors (Lipinski definition) is 1. The number of ether oxygens (including phenoxy) is 5. The number of carbonyl (C=O) groups excluding carboxylic acids is 1. The molecule has 1 aromatic rings. The highest BCUT2D eigenvalue weighted by Crippen LogP contribution is 2.42. The van der Waals surface area contributed by atoms with Gasteiger partial charge in [0.05, 0.1) is 25.7 Å². The zero-order valence-corrected chi connectivity index (χ0v) is 15.2. The van der Waals surface area contributed by atoms with Gasteiger partial charge in [-0.1, -0.05) is 30.3 Å². The summed E-state index contributed by atoms with van der Waals surface area (Å²) >= 11 is 0. The van der Waals surface area contributed by atoms with Crippen molar-refractivity contribution in [3.8, 4) is 0 Å². The van der Waals surface area contributed by atoms with Crippen LogP contribution in [-0.4, -0.2) is 56.1 Å². The predicted molar refractivity (Wildman–Crippen MR) is 91.0 cm³/mol. The molecular weight excluding hydrogens is 338 g/mol. The fourth-order valence-corrected chi connectivity index (χ4v) is 3.99. The van der Waals surface area contributed by atoms with E-state index < -0.39 is 18.0 Å². The van der Waals surface area contributed by atoms with E-state index in [1.165, 1.54) is 7.11 Å². The van der Waals surface area contributed by atoms with Crippen molar-refractivity contribution in [1.82, 2.24) is 5.32 Å². The molecular formula is C19H25NO6. The van der Waals surface area contributed by atoms with Crippen LogP contribution in [0.4, 0.5) is 0 Å². The maximum absolute atomic E-state index is 12.3. The number of rotatable bonds is 4. The zero-order chi connectivity index (χ0) is 18.3. The van der Waals surface area contributed by atoms with Gasteiger partial charge in [0.1, 0.15) is 18.3 Å². The first kappa shape index (κ1) is 17.9. The highest BCUT2D eigenvalue weighted by molar-refractivity contribution is 5.73. The van der Waals surface area contributed by atoms with Gasteiger partial charge in [0.25, 0.3) is 0 Å². The summed E-state index contributed by atoms with van der Waals surface area (Å²) in [5.41, 5.74) is 1.13. The number of esters is 1. The first-order chi connectivity index (χ1) is 12.5. The minimum absolute atomic E-state index is 0.248. The second kappa shape index (κ2) is 6.90. The van der Waals surface area contributed by atoms with Crippen molar-refractivity contribution in [2.45, 2.75) is 56.8 Å². The van der Waals surface area contributed by atoms with E-state index in [0.29, 0.717) is 6.54 Å². The van der Waals surface area contributed by atoms with Crippen molar-refractivity contribution in [3.05, 3.63) is 35.9 Å². The number of fused-ring (bicyclic) bond motifs is 3. The van der Waals surface area contributed by atoms with E-state index in [1.54, 1.807) is 0 Å². The molecule has 6 atom stereocenters. The van der Waals surface area contributed by atoms with E-state index in [4.69, 9.17) is 23.7 Å². The molecule has 0 bridgehead atoms. The summed E-state index contributed by atoms with van der Waals surface area (Å²) in [5.74, 6) is -1.45. The summed E-state index contributed by atoms with van der Waals surface area (Å²) in [4.78, 5) is 12.3. The van der Waals surface area contributed by atoms with Crippen molar-refractivity contribution >= 4 is 5.97 Å². The van der Waals surface area contributed by atoms with E-state index in [1.807, 2.05) is 44.2 Å². The largest absolute Gasteiger partial charge is 0.469 e. The van der Waals surface area contributed by atoms with Gasteiger partial charge in [0, 0.05) is 6.54 Å². The molecule has 0 spiro atoms. The molecule has 3 heterocycles. The topological polar surface area (TPSA) is 75.3 Å². The zero-order valence-electron chi connectivity index (χ0n) is 15.2. The molecule has 7 nitrogen and oxygen atoms in total. The van der Waals surface area contributed by atoms with Crippen molar-refractivity contribution in [2.24, 2.45) is 5.92 Å². The van der Waals surface area contributed by atoms with Gasteiger partial charge in [-0.15, -0.1) is 0 Å². The average molecular weight is 363 g/mol. The van der Waals surface area contributed by atoms with Crippen molar-refractivity contribution in [3.63, 3.8) is 0 Å². The minimum atomic E-state index is -0.699. The summed E-state index contributed by atoms with van der Waals surface area (Å²) < 4.78 is 28.8. The van der Waals surface area contributed by atoms with Gasteiger partial charge in [-0.05, 0) is 19.4 Å². The molecule has 3 aliphatic heterocycles. The van der Waals surface area contributed by atoms with Gasteiger partial charge in [0.2, 0.25) is 0 Å². The molecule has 0 saturated carbocycles. The molecule has 26 heavy (non-hydrogen) atoms. The molecule has 0 aliphatic carbocycles. The lowest BCUT2D eigenvalue weighted by atomic mass is 9.88. The molecule has 0 amide bonds. The fourth-order valence-electron chi connectivity index (χ4n) is 3.99. The van der Waals surface area contributed by atoms with E-state index in [0.717, 1.165) is 5.56 Å². The third-order valence-corrected chi connectivity index (χ3v) is 5.17. The summed E-state index contributed by atoms with van der Waals surface area (Å²) in [6.45, 7) is 4.59. The van der Waals surface area contributed by atoms with Gasteiger partial charge in [-0.3, -0.25) is 4.79 Å². The van der Waals surface area contributed by atoms with Crippen LogP contribution in [0.5, 0.6) is 0 Å². The van der Waals surface area contributed by atoms with Crippen LogP contribution in [-0.2, 0) is 35.0 Å². The van der Waals surface area contributed by atoms with Gasteiger partial charge in [-0.25, -0.2) is 0 Å². The Hall–Kier alpha value is -1.51. The molecule has 0 aromatic heterocycles. The maximum Gasteiger partial charge on any atom is 0.312 e. The van der Waals surface area contributed by atoms with Gasteiger partial charge < -0.3 is 29.0 Å². The Morgan fingerprint density at radius 3 is 2.69 bits per heavy atom. The molecule has 1 aromatic carbocycles. The molecule has 3 fully saturated rings. The first-order valence-electron chi connectivity index (χ1n) is 8.96. The molecule has 4 rings (SSSR count). The van der Waals surface area contributed by atoms with E-state index in [9.17, 15) is 4.79 Å². The first-order valence-corrected chi connectivity index (χ1v) is 8.96. The lowest BCUT2D eigenvalue weighted by molar-refractivity contribution is -0.234. The van der Waals surface area contributed by atoms with Gasteiger partial charge >= 0.3 is 5.97 Å². The van der Waals surface area contributed by atoms with Crippen molar-refractivity contribution < 1.29 is 28.5 Å². The lowest BCUT2D eigenvalue weighted by Crippen LogP contribution is -2.59. The molecule has 7 heteroatoms. The van der Waals surface area contributed by atoms with E-state index in [2.05, 4.69) is 5.32 Å². The van der Waals surface area contributed by atoms with Crippen molar-refractivity contribution in [1.29, 1.82) is 0 Å². The SMILES string of the molecule is COC(=O)[C@H]1CO[C@H]2[C@H](O[C@@H]3OC(C)(C)O[C@@H]32)[C@@H]1NCc1ccccc1. The number of benzene rings is 1. The van der Waals surface area contributed by atoms with E-state index >= 15 is 0 Å². The molecule has 1 N–H and O–H groups in total. The fraction of sp³-hybridized carbons (Fsp3) is 0.632. The third kappa shape index (κ3) is 3.25. The van der Waals surface area contributed by atoms with Crippen LogP contribution in [0.25, 0.3) is 0 Å². The Bertz CT molecular complexity index is 651. The maximum atomic E-state index is 12.3. The number of nitrogens with one attached hydrogen (secondary N) is 1. The predicted octanol–water partition coefficient (Wildman–Crippen LogP) is 1.21. The van der Waals surface area contributed by atoms with Gasteiger partial charge in [0.15, 0.2) is 12.1 Å². The van der Waals surface area contributed by atoms with Crippen LogP contribution in [0.15, 0.2) is 30.3 Å². The van der Waals surface area contributed by atoms with E-state index in [-0.39, 0.29) is 36.9 Å². The van der Waals surface area contributed by atoms with Crippen LogP contribution in [0.3, 0.4) is 0 Å². The normalized spacial score (nSPS) is 37.8. The Labute approximate surface area is 152 Å². The van der Waals surface area contributed by atoms with Crippen LogP contribution >= 0.6 is 0 Å². The number of hydrogen-bond acceptors (Lipinski definition) is 7. The van der Waals surface area contributed by atoms with Gasteiger partial charge in [-0.2, -0.15) is 0 Å². The Kier molecular flexibility index (Phi) is 4.75. The molecule has 0 radical (unpaired) electrons. The standard InChI is InChI=1S/C19H25NO6/c1-19(2)25-16-15-14(24-18(16)26-19)13(12(10-23-15)17(21)22-3)20-9-11-7-5-4-6-8-11/h4-8,12-16,18,20H,9-10H2,1-3H3/t12-,13+,14+,15-,16+,18+/m0/s1. The molecule has 142 valence electrons. The molecule has 3 aliphatic rings. The Morgan fingerprint density at radius 1 is 1.19 bits per heavy atom. The van der Waals surface area contributed by atoms with Crippen molar-refractivity contribution in [2.75, 3.05) is 13.7 Å².